The number of halogens is 3. The highest BCUT2D eigenvalue weighted by molar-refractivity contribution is 6.03. The Morgan fingerprint density at radius 3 is 2.67 bits per heavy atom. The first-order valence-corrected chi connectivity index (χ1v) is 5.01. The van der Waals surface area contributed by atoms with Gasteiger partial charge in [-0.1, -0.05) is 24.3 Å². The number of benzene rings is 1. The fourth-order valence-electron chi connectivity index (χ4n) is 1.60. The summed E-state index contributed by atoms with van der Waals surface area (Å²) in [4.78, 5) is 22.3. The highest BCUT2D eigenvalue weighted by Gasteiger charge is 2.41. The summed E-state index contributed by atoms with van der Waals surface area (Å²) in [7, 11) is 0. The third kappa shape index (κ3) is 2.27. The van der Waals surface area contributed by atoms with Crippen molar-refractivity contribution in [2.45, 2.75) is 12.6 Å². The molecule has 1 aliphatic rings. The van der Waals surface area contributed by atoms with Crippen molar-refractivity contribution in [1.29, 1.82) is 0 Å². The number of ketones is 1. The van der Waals surface area contributed by atoms with Gasteiger partial charge in [-0.15, -0.1) is 0 Å². The van der Waals surface area contributed by atoms with Gasteiger partial charge in [-0.05, 0) is 6.07 Å². The molecule has 1 aliphatic carbocycles. The Hall–Kier alpha value is -2.11. The van der Waals surface area contributed by atoms with Gasteiger partial charge < -0.3 is 4.74 Å². The molecular weight excluding hydrogens is 249 g/mol. The lowest BCUT2D eigenvalue weighted by Gasteiger charge is -2.14. The van der Waals surface area contributed by atoms with Crippen LogP contribution < -0.4 is 4.74 Å². The number of Topliss-reactive ketones (excluding diaryl/α,β-unsaturated/α-hetero) is 1. The summed E-state index contributed by atoms with van der Waals surface area (Å²) in [6.45, 7) is 0. The molecule has 6 heteroatoms. The fourth-order valence-corrected chi connectivity index (χ4v) is 1.60. The van der Waals surface area contributed by atoms with Gasteiger partial charge in [-0.3, -0.25) is 4.79 Å². The van der Waals surface area contributed by atoms with Gasteiger partial charge in [0.25, 0.3) is 0 Å². The number of carbonyl (C=O) groups is 2. The van der Waals surface area contributed by atoms with Gasteiger partial charge in [0.1, 0.15) is 5.75 Å². The predicted molar refractivity (Wildman–Crippen MR) is 56.1 cm³/mol. The highest BCUT2D eigenvalue weighted by Crippen LogP contribution is 2.30. The van der Waals surface area contributed by atoms with Crippen molar-refractivity contribution >= 4 is 17.8 Å². The van der Waals surface area contributed by atoms with E-state index in [4.69, 9.17) is 0 Å². The first kappa shape index (κ1) is 12.3. The van der Waals surface area contributed by atoms with Gasteiger partial charge in [-0.2, -0.15) is 13.2 Å². The lowest BCUT2D eigenvalue weighted by Crippen LogP contribution is -2.28. The van der Waals surface area contributed by atoms with E-state index in [1.54, 1.807) is 0 Å². The molecule has 1 aromatic carbocycles. The number of ether oxygens (including phenoxy) is 1. The molecular formula is C12H7F3O3. The van der Waals surface area contributed by atoms with E-state index in [1.165, 1.54) is 30.4 Å². The maximum atomic E-state index is 12.1. The van der Waals surface area contributed by atoms with Gasteiger partial charge in [0, 0.05) is 17.5 Å². The van der Waals surface area contributed by atoms with Gasteiger partial charge in [-0.25, -0.2) is 4.79 Å². The monoisotopic (exact) mass is 256 g/mol. The van der Waals surface area contributed by atoms with E-state index in [0.717, 1.165) is 0 Å². The highest BCUT2D eigenvalue weighted by atomic mass is 19.4. The van der Waals surface area contributed by atoms with Crippen LogP contribution >= 0.6 is 0 Å². The van der Waals surface area contributed by atoms with Crippen molar-refractivity contribution in [3.63, 3.8) is 0 Å². The first-order chi connectivity index (χ1) is 8.39. The van der Waals surface area contributed by atoms with Crippen molar-refractivity contribution in [1.82, 2.24) is 0 Å². The summed E-state index contributed by atoms with van der Waals surface area (Å²) in [5, 5.41) is 0. The molecule has 0 saturated heterocycles. The van der Waals surface area contributed by atoms with Crippen LogP contribution in [0.1, 0.15) is 22.3 Å². The summed E-state index contributed by atoms with van der Waals surface area (Å²) in [5.41, 5.74) is 0.455. The Kier molecular flexibility index (Phi) is 2.94. The number of hydrogen-bond donors (Lipinski definition) is 0. The third-order valence-corrected chi connectivity index (χ3v) is 2.39. The number of carbonyl (C=O) groups excluding carboxylic acids is 2. The number of rotatable bonds is 1. The predicted octanol–water partition coefficient (Wildman–Crippen LogP) is 2.75. The topological polar surface area (TPSA) is 43.4 Å². The zero-order valence-corrected chi connectivity index (χ0v) is 8.95. The van der Waals surface area contributed by atoms with Crippen LogP contribution in [-0.4, -0.2) is 17.9 Å². The molecule has 0 amide bonds. The Bertz CT molecular complexity index is 544. The molecule has 1 aromatic rings. The third-order valence-electron chi connectivity index (χ3n) is 2.39. The molecule has 94 valence electrons. The molecule has 0 atom stereocenters. The van der Waals surface area contributed by atoms with E-state index in [1.807, 2.05) is 0 Å². The minimum Gasteiger partial charge on any atom is -0.419 e. The summed E-state index contributed by atoms with van der Waals surface area (Å²) in [5.74, 6) is -2.79. The van der Waals surface area contributed by atoms with Crippen molar-refractivity contribution in [2.24, 2.45) is 0 Å². The molecule has 0 saturated carbocycles. The summed E-state index contributed by atoms with van der Waals surface area (Å²) in [6, 6.07) is 4.06. The molecule has 0 aromatic heterocycles. The van der Waals surface area contributed by atoms with Crippen LogP contribution in [0, 0.1) is 0 Å². The molecule has 0 N–H and O–H groups in total. The largest absolute Gasteiger partial charge is 0.491 e. The van der Waals surface area contributed by atoms with Crippen LogP contribution in [0.4, 0.5) is 13.2 Å². The Balaban J connectivity index is 2.37. The second-order valence-corrected chi connectivity index (χ2v) is 3.63. The molecule has 0 radical (unpaired) electrons. The maximum absolute atomic E-state index is 12.1. The number of allylic oxidation sites excluding steroid dienone is 1. The van der Waals surface area contributed by atoms with E-state index >= 15 is 0 Å². The van der Waals surface area contributed by atoms with Crippen molar-refractivity contribution in [2.75, 3.05) is 0 Å². The Morgan fingerprint density at radius 1 is 1.28 bits per heavy atom. The van der Waals surface area contributed by atoms with Gasteiger partial charge in [0.05, 0.1) is 0 Å². The normalized spacial score (nSPS) is 14.3. The van der Waals surface area contributed by atoms with E-state index in [9.17, 15) is 22.8 Å². The van der Waals surface area contributed by atoms with Gasteiger partial charge >= 0.3 is 12.1 Å². The van der Waals surface area contributed by atoms with E-state index in [2.05, 4.69) is 4.74 Å². The van der Waals surface area contributed by atoms with E-state index in [-0.39, 0.29) is 29.1 Å². The molecule has 0 spiro atoms. The molecule has 18 heavy (non-hydrogen) atoms. The Labute approximate surface area is 99.9 Å². The Morgan fingerprint density at radius 2 is 2.00 bits per heavy atom. The van der Waals surface area contributed by atoms with Crippen LogP contribution in [0.5, 0.6) is 5.75 Å². The lowest BCUT2D eigenvalue weighted by atomic mass is 9.95. The summed E-state index contributed by atoms with van der Waals surface area (Å²) in [6.07, 6.45) is -1.90. The molecule has 2 rings (SSSR count). The maximum Gasteiger partial charge on any atom is 0.491 e. The lowest BCUT2D eigenvalue weighted by molar-refractivity contribution is -0.189. The number of alkyl halides is 3. The van der Waals surface area contributed by atoms with Crippen molar-refractivity contribution < 1.29 is 27.5 Å². The molecule has 0 bridgehead atoms. The average molecular weight is 256 g/mol. The fraction of sp³-hybridized carbons (Fsp3) is 0.167. The smallest absolute Gasteiger partial charge is 0.419 e. The van der Waals surface area contributed by atoms with E-state index < -0.39 is 12.1 Å². The summed E-state index contributed by atoms with van der Waals surface area (Å²) >= 11 is 0. The first-order valence-electron chi connectivity index (χ1n) is 5.01. The van der Waals surface area contributed by atoms with Crippen LogP contribution in [0.2, 0.25) is 0 Å². The van der Waals surface area contributed by atoms with Crippen LogP contribution in [0.15, 0.2) is 24.3 Å². The van der Waals surface area contributed by atoms with Crippen LogP contribution in [0.3, 0.4) is 0 Å². The minimum absolute atomic E-state index is 0.184. The standard InChI is InChI=1S/C12H7F3O3/c13-12(14,15)11(17)18-10-6-2-3-7-8(10)4-1-5-9(7)16/h1-4,6H,5H2. The van der Waals surface area contributed by atoms with Crippen LogP contribution in [-0.2, 0) is 4.79 Å². The second kappa shape index (κ2) is 4.29. The number of hydrogen-bond acceptors (Lipinski definition) is 3. The second-order valence-electron chi connectivity index (χ2n) is 3.63. The molecule has 0 unspecified atom stereocenters. The average Bonchev–Trinajstić information content (AvgIpc) is 2.29. The zero-order valence-electron chi connectivity index (χ0n) is 8.95. The number of esters is 1. The number of fused-ring (bicyclic) bond motifs is 1. The zero-order chi connectivity index (χ0) is 13.3. The van der Waals surface area contributed by atoms with E-state index in [0.29, 0.717) is 0 Å². The van der Waals surface area contributed by atoms with Crippen molar-refractivity contribution in [3.8, 4) is 5.75 Å². The summed E-state index contributed by atoms with van der Waals surface area (Å²) < 4.78 is 40.5. The van der Waals surface area contributed by atoms with Crippen molar-refractivity contribution in [3.05, 3.63) is 35.4 Å². The van der Waals surface area contributed by atoms with Gasteiger partial charge in [0.2, 0.25) is 0 Å². The SMILES string of the molecule is O=C1CC=Cc2c(OC(=O)C(F)(F)F)cccc21. The molecule has 3 nitrogen and oxygen atoms in total. The quantitative estimate of drug-likeness (QED) is 0.573. The van der Waals surface area contributed by atoms with Crippen LogP contribution in [0.25, 0.3) is 6.08 Å². The van der Waals surface area contributed by atoms with Gasteiger partial charge in [0.15, 0.2) is 5.78 Å². The molecule has 0 heterocycles. The molecule has 0 fully saturated rings. The minimum atomic E-state index is -5.06. The molecule has 0 aliphatic heterocycles.